The first-order valence-corrected chi connectivity index (χ1v) is 9.09. The summed E-state index contributed by atoms with van der Waals surface area (Å²) in [6.45, 7) is 6.25. The number of hydrogen-bond donors (Lipinski definition) is 2. The molecule has 1 aromatic heterocycles. The van der Waals surface area contributed by atoms with E-state index in [1.807, 2.05) is 37.3 Å². The van der Waals surface area contributed by atoms with Crippen LogP contribution < -0.4 is 15.9 Å². The van der Waals surface area contributed by atoms with E-state index >= 15 is 0 Å². The fourth-order valence-corrected chi connectivity index (χ4v) is 3.21. The van der Waals surface area contributed by atoms with Crippen LogP contribution in [0.1, 0.15) is 43.3 Å². The first-order valence-electron chi connectivity index (χ1n) is 8.28. The van der Waals surface area contributed by atoms with E-state index in [1.54, 1.807) is 7.11 Å². The summed E-state index contributed by atoms with van der Waals surface area (Å²) >= 11 is 1.36. The number of nitrogens with two attached hydrogens (primary N) is 1. The molecule has 0 fully saturated rings. The van der Waals surface area contributed by atoms with E-state index in [2.05, 4.69) is 24.4 Å². The fraction of sp³-hybridized carbons (Fsp3) is 0.368. The molecule has 6 heteroatoms. The maximum atomic E-state index is 12.3. The Morgan fingerprint density at radius 2 is 2.00 bits per heavy atom. The molecule has 1 aromatic carbocycles. The Bertz CT molecular complexity index is 749. The maximum absolute atomic E-state index is 12.3. The third-order valence-corrected chi connectivity index (χ3v) is 4.97. The van der Waals surface area contributed by atoms with Gasteiger partial charge in [0.25, 0.3) is 5.91 Å². The highest BCUT2D eigenvalue weighted by Crippen LogP contribution is 2.33. The van der Waals surface area contributed by atoms with Crippen molar-refractivity contribution in [2.24, 2.45) is 11.0 Å². The highest BCUT2D eigenvalue weighted by atomic mass is 32.1. The number of ether oxygens (including phenoxy) is 1. The molecule has 134 valence electrons. The number of anilines is 1. The number of nitrogen functional groups attached to an aromatic ring is 1. The summed E-state index contributed by atoms with van der Waals surface area (Å²) in [6.07, 6.45) is 1.92. The number of benzene rings is 1. The molecule has 1 amide bonds. The average Bonchev–Trinajstić information content (AvgIpc) is 2.99. The van der Waals surface area contributed by atoms with Crippen molar-refractivity contribution in [2.75, 3.05) is 12.8 Å². The second-order valence-electron chi connectivity index (χ2n) is 6.34. The van der Waals surface area contributed by atoms with Crippen LogP contribution in [-0.2, 0) is 0 Å². The fourth-order valence-electron chi connectivity index (χ4n) is 2.23. The first kappa shape index (κ1) is 19.0. The Balaban J connectivity index is 2.08. The molecule has 0 aliphatic rings. The summed E-state index contributed by atoms with van der Waals surface area (Å²) in [5, 5.41) is 4.17. The van der Waals surface area contributed by atoms with Gasteiger partial charge in [-0.1, -0.05) is 13.8 Å². The van der Waals surface area contributed by atoms with E-state index in [0.717, 1.165) is 34.7 Å². The Morgan fingerprint density at radius 1 is 1.32 bits per heavy atom. The van der Waals surface area contributed by atoms with E-state index in [9.17, 15) is 4.79 Å². The number of hydrazone groups is 1. The first-order chi connectivity index (χ1) is 11.9. The van der Waals surface area contributed by atoms with Crippen LogP contribution in [-0.4, -0.2) is 18.7 Å². The van der Waals surface area contributed by atoms with Gasteiger partial charge >= 0.3 is 0 Å². The molecule has 3 N–H and O–H groups in total. The van der Waals surface area contributed by atoms with Crippen molar-refractivity contribution in [3.8, 4) is 16.2 Å². The number of hydrogen-bond acceptors (Lipinski definition) is 5. The number of thiophene rings is 1. The molecule has 0 aliphatic carbocycles. The number of rotatable bonds is 7. The Kier molecular flexibility index (Phi) is 6.58. The topological polar surface area (TPSA) is 76.7 Å². The normalized spacial score (nSPS) is 11.6. The van der Waals surface area contributed by atoms with E-state index in [0.29, 0.717) is 16.5 Å². The monoisotopic (exact) mass is 359 g/mol. The van der Waals surface area contributed by atoms with E-state index in [-0.39, 0.29) is 5.91 Å². The van der Waals surface area contributed by atoms with Crippen molar-refractivity contribution in [3.63, 3.8) is 0 Å². The van der Waals surface area contributed by atoms with Crippen LogP contribution in [0.2, 0.25) is 0 Å². The summed E-state index contributed by atoms with van der Waals surface area (Å²) in [4.78, 5) is 13.8. The lowest BCUT2D eigenvalue weighted by atomic mass is 10.1. The van der Waals surface area contributed by atoms with Gasteiger partial charge in [-0.25, -0.2) is 5.43 Å². The molecule has 0 unspecified atom stereocenters. The highest BCUT2D eigenvalue weighted by Gasteiger charge is 2.15. The van der Waals surface area contributed by atoms with Gasteiger partial charge < -0.3 is 10.5 Å². The van der Waals surface area contributed by atoms with Gasteiger partial charge in [0, 0.05) is 10.6 Å². The van der Waals surface area contributed by atoms with Crippen LogP contribution in [0.15, 0.2) is 35.4 Å². The molecular formula is C19H25N3O2S. The van der Waals surface area contributed by atoms with Gasteiger partial charge in [-0.05, 0) is 61.6 Å². The van der Waals surface area contributed by atoms with E-state index in [1.165, 1.54) is 11.3 Å². The maximum Gasteiger partial charge on any atom is 0.283 e. The smallest absolute Gasteiger partial charge is 0.283 e. The molecule has 1 heterocycles. The van der Waals surface area contributed by atoms with Crippen LogP contribution in [0, 0.1) is 5.92 Å². The molecule has 0 spiro atoms. The van der Waals surface area contributed by atoms with Crippen molar-refractivity contribution < 1.29 is 9.53 Å². The average molecular weight is 359 g/mol. The molecule has 2 rings (SSSR count). The minimum atomic E-state index is -0.272. The van der Waals surface area contributed by atoms with Gasteiger partial charge in [0.15, 0.2) is 0 Å². The lowest BCUT2D eigenvalue weighted by molar-refractivity contribution is 0.0959. The summed E-state index contributed by atoms with van der Waals surface area (Å²) in [5.41, 5.74) is 11.0. The largest absolute Gasteiger partial charge is 0.497 e. The molecule has 0 bridgehead atoms. The number of carbonyl (C=O) groups excluding carboxylic acids is 1. The van der Waals surface area contributed by atoms with Crippen molar-refractivity contribution in [3.05, 3.63) is 35.2 Å². The van der Waals surface area contributed by atoms with Crippen molar-refractivity contribution >= 4 is 28.6 Å². The zero-order valence-electron chi connectivity index (χ0n) is 15.1. The van der Waals surface area contributed by atoms with Crippen molar-refractivity contribution in [1.29, 1.82) is 0 Å². The molecule has 0 atom stereocenters. The summed E-state index contributed by atoms with van der Waals surface area (Å²) in [7, 11) is 1.63. The van der Waals surface area contributed by atoms with Crippen molar-refractivity contribution in [1.82, 2.24) is 5.43 Å². The molecule has 25 heavy (non-hydrogen) atoms. The molecular weight excluding hydrogens is 334 g/mol. The Morgan fingerprint density at radius 3 is 2.60 bits per heavy atom. The SMILES string of the molecule is COc1ccc(-c2cc(N)c(C(=O)N/N=C(/C)CCC(C)C)s2)cc1. The number of methoxy groups -OCH3 is 1. The molecule has 0 saturated heterocycles. The second-order valence-corrected chi connectivity index (χ2v) is 7.40. The van der Waals surface area contributed by atoms with Gasteiger partial charge in [0.2, 0.25) is 0 Å². The third-order valence-electron chi connectivity index (χ3n) is 3.77. The molecule has 2 aromatic rings. The number of nitrogens with one attached hydrogen (secondary N) is 1. The minimum absolute atomic E-state index is 0.272. The Hall–Kier alpha value is -2.34. The minimum Gasteiger partial charge on any atom is -0.497 e. The highest BCUT2D eigenvalue weighted by molar-refractivity contribution is 7.18. The third kappa shape index (κ3) is 5.32. The number of nitrogens with zero attached hydrogens (tertiary/aromatic N) is 1. The predicted octanol–water partition coefficient (Wildman–Crippen LogP) is 4.55. The van der Waals surface area contributed by atoms with Crippen LogP contribution in [0.3, 0.4) is 0 Å². The Labute approximate surface area is 152 Å². The van der Waals surface area contributed by atoms with E-state index in [4.69, 9.17) is 10.5 Å². The second kappa shape index (κ2) is 8.67. The van der Waals surface area contributed by atoms with Gasteiger partial charge in [0.1, 0.15) is 10.6 Å². The van der Waals surface area contributed by atoms with E-state index < -0.39 is 0 Å². The van der Waals surface area contributed by atoms with Gasteiger partial charge in [-0.2, -0.15) is 5.10 Å². The molecule has 0 radical (unpaired) electrons. The van der Waals surface area contributed by atoms with Crippen LogP contribution >= 0.6 is 11.3 Å². The van der Waals surface area contributed by atoms with Crippen LogP contribution in [0.25, 0.3) is 10.4 Å². The lowest BCUT2D eigenvalue weighted by Gasteiger charge is -2.04. The summed E-state index contributed by atoms with van der Waals surface area (Å²) < 4.78 is 5.16. The van der Waals surface area contributed by atoms with Crippen molar-refractivity contribution in [2.45, 2.75) is 33.6 Å². The van der Waals surface area contributed by atoms with Gasteiger partial charge in [-0.3, -0.25) is 4.79 Å². The zero-order chi connectivity index (χ0) is 18.4. The quantitative estimate of drug-likeness (QED) is 0.562. The zero-order valence-corrected chi connectivity index (χ0v) is 15.9. The van der Waals surface area contributed by atoms with Gasteiger partial charge in [0.05, 0.1) is 12.8 Å². The lowest BCUT2D eigenvalue weighted by Crippen LogP contribution is -2.19. The summed E-state index contributed by atoms with van der Waals surface area (Å²) in [5.74, 6) is 1.13. The number of carbonyl (C=O) groups is 1. The molecule has 0 aliphatic heterocycles. The standard InChI is InChI=1S/C19H25N3O2S/c1-12(2)5-6-13(3)21-22-19(23)18-16(20)11-17(25-18)14-7-9-15(24-4)10-8-14/h7-12H,5-6,20H2,1-4H3,(H,22,23)/b21-13-. The summed E-state index contributed by atoms with van der Waals surface area (Å²) in [6, 6.07) is 9.47. The van der Waals surface area contributed by atoms with Gasteiger partial charge in [-0.15, -0.1) is 11.3 Å². The number of amides is 1. The molecule has 0 saturated carbocycles. The van der Waals surface area contributed by atoms with Crippen LogP contribution in [0.5, 0.6) is 5.75 Å². The van der Waals surface area contributed by atoms with Crippen LogP contribution in [0.4, 0.5) is 5.69 Å². The molecule has 5 nitrogen and oxygen atoms in total. The predicted molar refractivity (Wildman–Crippen MR) is 105 cm³/mol.